The highest BCUT2D eigenvalue weighted by Gasteiger charge is 2.32. The van der Waals surface area contributed by atoms with Gasteiger partial charge in [0, 0.05) is 0 Å². The Bertz CT molecular complexity index is 421. The van der Waals surface area contributed by atoms with Crippen LogP contribution in [0.25, 0.3) is 0 Å². The first kappa shape index (κ1) is 13.4. The molecule has 100 valence electrons. The van der Waals surface area contributed by atoms with Crippen molar-refractivity contribution >= 4 is 0 Å². The van der Waals surface area contributed by atoms with E-state index in [0.717, 1.165) is 18.2 Å². The lowest BCUT2D eigenvalue weighted by Gasteiger charge is -2.21. The molecular formula is C16H25NO. The van der Waals surface area contributed by atoms with E-state index >= 15 is 0 Å². The smallest absolute Gasteiger partial charge is 0.122 e. The lowest BCUT2D eigenvalue weighted by molar-refractivity contribution is 0.406. The first-order valence-electron chi connectivity index (χ1n) is 6.97. The Labute approximate surface area is 111 Å². The van der Waals surface area contributed by atoms with E-state index in [2.05, 4.69) is 32.9 Å². The van der Waals surface area contributed by atoms with Gasteiger partial charge in [0.1, 0.15) is 5.75 Å². The normalized spacial score (nSPS) is 17.0. The highest BCUT2D eigenvalue weighted by atomic mass is 16.5. The van der Waals surface area contributed by atoms with E-state index < -0.39 is 0 Å². The molecule has 2 N–H and O–H groups in total. The molecule has 1 aromatic carbocycles. The van der Waals surface area contributed by atoms with Crippen molar-refractivity contribution in [2.75, 3.05) is 13.7 Å². The van der Waals surface area contributed by atoms with Crippen LogP contribution in [0.15, 0.2) is 12.1 Å². The van der Waals surface area contributed by atoms with Crippen LogP contribution in [0, 0.1) is 12.8 Å². The van der Waals surface area contributed by atoms with Crippen molar-refractivity contribution in [2.24, 2.45) is 11.7 Å². The molecular weight excluding hydrogens is 222 g/mol. The summed E-state index contributed by atoms with van der Waals surface area (Å²) in [6.07, 6.45) is 2.68. The van der Waals surface area contributed by atoms with E-state index in [1.54, 1.807) is 7.11 Å². The quantitative estimate of drug-likeness (QED) is 0.863. The van der Waals surface area contributed by atoms with E-state index in [1.807, 2.05) is 0 Å². The maximum Gasteiger partial charge on any atom is 0.122 e. The molecule has 1 aliphatic carbocycles. The molecule has 0 radical (unpaired) electrons. The second kappa shape index (κ2) is 5.31. The number of aryl methyl sites for hydroxylation is 1. The predicted octanol–water partition coefficient (Wildman–Crippen LogP) is 3.58. The average Bonchev–Trinajstić information content (AvgIpc) is 3.15. The van der Waals surface area contributed by atoms with Gasteiger partial charge in [0.2, 0.25) is 0 Å². The molecule has 1 fully saturated rings. The maximum absolute atomic E-state index is 5.98. The molecule has 1 aromatic rings. The van der Waals surface area contributed by atoms with Gasteiger partial charge in [0.05, 0.1) is 7.11 Å². The minimum absolute atomic E-state index is 0.483. The Hall–Kier alpha value is -1.02. The van der Waals surface area contributed by atoms with Gasteiger partial charge in [-0.1, -0.05) is 19.9 Å². The summed E-state index contributed by atoms with van der Waals surface area (Å²) in [5, 5.41) is 0. The molecule has 0 spiro atoms. The van der Waals surface area contributed by atoms with E-state index in [0.29, 0.717) is 11.8 Å². The fourth-order valence-electron chi connectivity index (χ4n) is 2.82. The largest absolute Gasteiger partial charge is 0.496 e. The van der Waals surface area contributed by atoms with Crippen LogP contribution in [0.5, 0.6) is 5.75 Å². The number of hydrogen-bond acceptors (Lipinski definition) is 2. The van der Waals surface area contributed by atoms with Crippen LogP contribution in [-0.4, -0.2) is 13.7 Å². The molecule has 2 nitrogen and oxygen atoms in total. The van der Waals surface area contributed by atoms with E-state index in [9.17, 15) is 0 Å². The van der Waals surface area contributed by atoms with Gasteiger partial charge in [0.25, 0.3) is 0 Å². The fourth-order valence-corrected chi connectivity index (χ4v) is 2.82. The van der Waals surface area contributed by atoms with E-state index in [1.165, 1.54) is 29.5 Å². The van der Waals surface area contributed by atoms with Gasteiger partial charge >= 0.3 is 0 Å². The zero-order valence-corrected chi connectivity index (χ0v) is 12.0. The zero-order valence-electron chi connectivity index (χ0n) is 12.0. The summed E-state index contributed by atoms with van der Waals surface area (Å²) in [6.45, 7) is 7.36. The van der Waals surface area contributed by atoms with Crippen LogP contribution in [0.1, 0.15) is 55.2 Å². The molecule has 0 amide bonds. The Morgan fingerprint density at radius 2 is 1.94 bits per heavy atom. The second-order valence-corrected chi connectivity index (χ2v) is 5.79. The molecule has 1 atom stereocenters. The summed E-state index contributed by atoms with van der Waals surface area (Å²) < 4.78 is 5.50. The molecule has 18 heavy (non-hydrogen) atoms. The third-order valence-corrected chi connectivity index (χ3v) is 4.08. The number of hydrogen-bond donors (Lipinski definition) is 1. The number of rotatable bonds is 5. The van der Waals surface area contributed by atoms with Gasteiger partial charge in [0.15, 0.2) is 0 Å². The van der Waals surface area contributed by atoms with Crippen molar-refractivity contribution < 1.29 is 4.74 Å². The number of ether oxygens (including phenoxy) is 1. The SMILES string of the molecule is COc1cc(C)c(C(CN)C2CC2)cc1C(C)C. The summed E-state index contributed by atoms with van der Waals surface area (Å²) in [5.74, 6) is 2.84. The first-order valence-corrected chi connectivity index (χ1v) is 6.97. The Balaban J connectivity index is 2.43. The maximum atomic E-state index is 5.98. The Morgan fingerprint density at radius 1 is 1.28 bits per heavy atom. The lowest BCUT2D eigenvalue weighted by Crippen LogP contribution is -2.16. The van der Waals surface area contributed by atoms with E-state index in [-0.39, 0.29) is 0 Å². The van der Waals surface area contributed by atoms with E-state index in [4.69, 9.17) is 10.5 Å². The molecule has 1 aliphatic rings. The summed E-state index contributed by atoms with van der Waals surface area (Å²) in [4.78, 5) is 0. The summed E-state index contributed by atoms with van der Waals surface area (Å²) in [5.41, 5.74) is 10.0. The van der Waals surface area contributed by atoms with Gasteiger partial charge < -0.3 is 10.5 Å². The first-order chi connectivity index (χ1) is 8.58. The molecule has 1 saturated carbocycles. The van der Waals surface area contributed by atoms with Gasteiger partial charge in [-0.2, -0.15) is 0 Å². The summed E-state index contributed by atoms with van der Waals surface area (Å²) >= 11 is 0. The molecule has 0 saturated heterocycles. The topological polar surface area (TPSA) is 35.2 Å². The fraction of sp³-hybridized carbons (Fsp3) is 0.625. The van der Waals surface area contributed by atoms with Crippen LogP contribution < -0.4 is 10.5 Å². The minimum Gasteiger partial charge on any atom is -0.496 e. The van der Waals surface area contributed by atoms with Crippen molar-refractivity contribution in [3.63, 3.8) is 0 Å². The molecule has 0 aliphatic heterocycles. The van der Waals surface area contributed by atoms with Gasteiger partial charge in [-0.25, -0.2) is 0 Å². The van der Waals surface area contributed by atoms with Crippen molar-refractivity contribution in [3.8, 4) is 5.75 Å². The Morgan fingerprint density at radius 3 is 2.39 bits per heavy atom. The van der Waals surface area contributed by atoms with Crippen molar-refractivity contribution in [1.29, 1.82) is 0 Å². The third-order valence-electron chi connectivity index (χ3n) is 4.08. The van der Waals surface area contributed by atoms with Crippen LogP contribution >= 0.6 is 0 Å². The highest BCUT2D eigenvalue weighted by Crippen LogP contribution is 2.44. The molecule has 1 unspecified atom stereocenters. The lowest BCUT2D eigenvalue weighted by atomic mass is 9.87. The van der Waals surface area contributed by atoms with Crippen molar-refractivity contribution in [1.82, 2.24) is 0 Å². The zero-order chi connectivity index (χ0) is 13.3. The molecule has 0 heterocycles. The predicted molar refractivity (Wildman–Crippen MR) is 76.3 cm³/mol. The summed E-state index contributed by atoms with van der Waals surface area (Å²) in [6, 6.07) is 4.50. The number of nitrogens with two attached hydrogens (primary N) is 1. The standard InChI is InChI=1S/C16H25NO/c1-10(2)13-8-14(11(3)7-16(13)18-4)15(9-17)12-5-6-12/h7-8,10,12,15H,5-6,9,17H2,1-4H3. The van der Waals surface area contributed by atoms with Crippen LogP contribution in [0.4, 0.5) is 0 Å². The van der Waals surface area contributed by atoms with Crippen molar-refractivity contribution in [3.05, 3.63) is 28.8 Å². The van der Waals surface area contributed by atoms with Crippen LogP contribution in [0.3, 0.4) is 0 Å². The molecule has 0 aromatic heterocycles. The molecule has 0 bridgehead atoms. The minimum atomic E-state index is 0.483. The monoisotopic (exact) mass is 247 g/mol. The van der Waals surface area contributed by atoms with Crippen LogP contribution in [-0.2, 0) is 0 Å². The average molecular weight is 247 g/mol. The van der Waals surface area contributed by atoms with Crippen molar-refractivity contribution in [2.45, 2.75) is 45.4 Å². The molecule has 2 heteroatoms. The number of methoxy groups -OCH3 is 1. The summed E-state index contributed by atoms with van der Waals surface area (Å²) in [7, 11) is 1.75. The molecule has 2 rings (SSSR count). The Kier molecular flexibility index (Phi) is 3.96. The second-order valence-electron chi connectivity index (χ2n) is 5.79. The third kappa shape index (κ3) is 2.54. The highest BCUT2D eigenvalue weighted by molar-refractivity contribution is 5.45. The van der Waals surface area contributed by atoms with Gasteiger partial charge in [-0.15, -0.1) is 0 Å². The number of benzene rings is 1. The van der Waals surface area contributed by atoms with Crippen LogP contribution in [0.2, 0.25) is 0 Å². The van der Waals surface area contributed by atoms with Gasteiger partial charge in [-0.05, 0) is 66.8 Å². The van der Waals surface area contributed by atoms with Gasteiger partial charge in [-0.3, -0.25) is 0 Å².